The molecule has 0 saturated heterocycles. The van der Waals surface area contributed by atoms with Crippen molar-refractivity contribution >= 4 is 34.2 Å². The summed E-state index contributed by atoms with van der Waals surface area (Å²) in [5, 5.41) is 11.1. The highest BCUT2D eigenvalue weighted by Gasteiger charge is 2.11. The molecule has 0 fully saturated rings. The molecule has 3 rings (SSSR count). The highest BCUT2D eigenvalue weighted by atomic mass is 35.5. The number of nitrogens with zero attached hydrogens (tertiary/aromatic N) is 3. The van der Waals surface area contributed by atoms with E-state index < -0.39 is 0 Å². The van der Waals surface area contributed by atoms with Crippen LogP contribution in [0, 0.1) is 6.92 Å². The van der Waals surface area contributed by atoms with Gasteiger partial charge in [0.25, 0.3) is 5.91 Å². The first kappa shape index (κ1) is 16.1. The lowest BCUT2D eigenvalue weighted by atomic mass is 10.2. The number of ether oxygens (including phenoxy) is 1. The SMILES string of the molecule is COc1ccc(C)cc1NC(=O)COn1nnc2ccc(Cl)cc21. The molecule has 0 unspecified atom stereocenters. The van der Waals surface area contributed by atoms with Gasteiger partial charge in [0.15, 0.2) is 6.61 Å². The maximum absolute atomic E-state index is 12.1. The number of carbonyl (C=O) groups excluding carboxylic acids is 1. The van der Waals surface area contributed by atoms with Crippen LogP contribution >= 0.6 is 11.6 Å². The van der Waals surface area contributed by atoms with E-state index in [9.17, 15) is 4.79 Å². The van der Waals surface area contributed by atoms with Crippen LogP contribution in [0.2, 0.25) is 5.02 Å². The highest BCUT2D eigenvalue weighted by Crippen LogP contribution is 2.25. The van der Waals surface area contributed by atoms with E-state index in [1.165, 1.54) is 4.85 Å². The van der Waals surface area contributed by atoms with Crippen molar-refractivity contribution in [1.82, 2.24) is 15.2 Å². The summed E-state index contributed by atoms with van der Waals surface area (Å²) in [6, 6.07) is 10.6. The van der Waals surface area contributed by atoms with Crippen molar-refractivity contribution in [2.75, 3.05) is 19.0 Å². The fraction of sp³-hybridized carbons (Fsp3) is 0.188. The van der Waals surface area contributed by atoms with E-state index in [1.807, 2.05) is 19.1 Å². The summed E-state index contributed by atoms with van der Waals surface area (Å²) in [7, 11) is 1.54. The fourth-order valence-electron chi connectivity index (χ4n) is 2.19. The monoisotopic (exact) mass is 346 g/mol. The van der Waals surface area contributed by atoms with E-state index in [2.05, 4.69) is 15.6 Å². The third-order valence-corrected chi connectivity index (χ3v) is 3.56. The maximum Gasteiger partial charge on any atom is 0.265 e. The lowest BCUT2D eigenvalue weighted by Crippen LogP contribution is -2.26. The molecule has 0 aliphatic rings. The van der Waals surface area contributed by atoms with Crippen LogP contribution in [0.25, 0.3) is 11.0 Å². The van der Waals surface area contributed by atoms with Crippen molar-refractivity contribution in [2.45, 2.75) is 6.92 Å². The Morgan fingerprint density at radius 1 is 1.29 bits per heavy atom. The third-order valence-electron chi connectivity index (χ3n) is 3.32. The van der Waals surface area contributed by atoms with Gasteiger partial charge in [0.1, 0.15) is 16.8 Å². The lowest BCUT2D eigenvalue weighted by molar-refractivity contribution is -0.121. The number of aromatic nitrogens is 3. The highest BCUT2D eigenvalue weighted by molar-refractivity contribution is 6.31. The quantitative estimate of drug-likeness (QED) is 0.767. The zero-order valence-electron chi connectivity index (χ0n) is 13.1. The van der Waals surface area contributed by atoms with Crippen molar-refractivity contribution in [1.29, 1.82) is 0 Å². The first-order valence-electron chi connectivity index (χ1n) is 7.15. The summed E-state index contributed by atoms with van der Waals surface area (Å²) in [5.41, 5.74) is 2.80. The van der Waals surface area contributed by atoms with Gasteiger partial charge in [-0.1, -0.05) is 22.5 Å². The second-order valence-electron chi connectivity index (χ2n) is 5.12. The van der Waals surface area contributed by atoms with Crippen molar-refractivity contribution < 1.29 is 14.4 Å². The van der Waals surface area contributed by atoms with Crippen LogP contribution in [0.3, 0.4) is 0 Å². The molecule has 2 aromatic carbocycles. The topological polar surface area (TPSA) is 78.3 Å². The van der Waals surface area contributed by atoms with Gasteiger partial charge in [-0.2, -0.15) is 0 Å². The minimum atomic E-state index is -0.343. The first-order chi connectivity index (χ1) is 11.6. The Hall–Kier alpha value is -2.80. The van der Waals surface area contributed by atoms with Crippen molar-refractivity contribution in [3.8, 4) is 5.75 Å². The van der Waals surface area contributed by atoms with Crippen LogP contribution in [-0.4, -0.2) is 34.8 Å². The van der Waals surface area contributed by atoms with Gasteiger partial charge in [0.05, 0.1) is 12.8 Å². The number of hydrogen-bond donors (Lipinski definition) is 1. The van der Waals surface area contributed by atoms with E-state index in [0.717, 1.165) is 5.56 Å². The summed E-state index contributed by atoms with van der Waals surface area (Å²) in [6.07, 6.45) is 0. The Balaban J connectivity index is 1.69. The number of benzene rings is 2. The number of amides is 1. The smallest absolute Gasteiger partial charge is 0.265 e. The van der Waals surface area contributed by atoms with E-state index in [4.69, 9.17) is 21.2 Å². The molecule has 8 heteroatoms. The van der Waals surface area contributed by atoms with Crippen molar-refractivity contribution in [3.63, 3.8) is 0 Å². The van der Waals surface area contributed by atoms with Crippen LogP contribution in [0.15, 0.2) is 36.4 Å². The van der Waals surface area contributed by atoms with Gasteiger partial charge in [-0.15, -0.1) is 5.10 Å². The number of rotatable bonds is 5. The number of fused-ring (bicyclic) bond motifs is 1. The van der Waals surface area contributed by atoms with Crippen LogP contribution in [0.5, 0.6) is 5.75 Å². The molecule has 7 nitrogen and oxygen atoms in total. The summed E-state index contributed by atoms with van der Waals surface area (Å²) >= 11 is 5.95. The van der Waals surface area contributed by atoms with Gasteiger partial charge in [-0.3, -0.25) is 4.79 Å². The molecular formula is C16H15ClN4O3. The molecule has 3 aromatic rings. The van der Waals surface area contributed by atoms with Crippen molar-refractivity contribution in [3.05, 3.63) is 47.0 Å². The average molecular weight is 347 g/mol. The number of methoxy groups -OCH3 is 1. The van der Waals surface area contributed by atoms with Crippen LogP contribution in [-0.2, 0) is 4.79 Å². The van der Waals surface area contributed by atoms with Crippen molar-refractivity contribution in [2.24, 2.45) is 0 Å². The summed E-state index contributed by atoms with van der Waals surface area (Å²) < 4.78 is 5.22. The Labute approximate surface area is 143 Å². The summed E-state index contributed by atoms with van der Waals surface area (Å²) in [6.45, 7) is 1.69. The lowest BCUT2D eigenvalue weighted by Gasteiger charge is -2.11. The molecule has 1 heterocycles. The predicted molar refractivity (Wildman–Crippen MR) is 90.3 cm³/mol. The minimum Gasteiger partial charge on any atom is -0.495 e. The number of nitrogens with one attached hydrogen (secondary N) is 1. The van der Waals surface area contributed by atoms with Gasteiger partial charge in [0, 0.05) is 5.02 Å². The second kappa shape index (κ2) is 6.76. The number of anilines is 1. The number of carbonyl (C=O) groups is 1. The molecule has 1 aromatic heterocycles. The number of aryl methyl sites for hydroxylation is 1. The molecule has 0 aliphatic heterocycles. The Bertz CT molecular complexity index is 894. The molecule has 0 aliphatic carbocycles. The van der Waals surface area contributed by atoms with Gasteiger partial charge in [-0.25, -0.2) is 0 Å². The fourth-order valence-corrected chi connectivity index (χ4v) is 2.36. The zero-order chi connectivity index (χ0) is 17.1. The molecule has 0 radical (unpaired) electrons. The van der Waals surface area contributed by atoms with Crippen LogP contribution in [0.1, 0.15) is 5.56 Å². The average Bonchev–Trinajstić information content (AvgIpc) is 2.95. The van der Waals surface area contributed by atoms with E-state index in [0.29, 0.717) is 27.5 Å². The molecule has 1 amide bonds. The standard InChI is InChI=1S/C16H15ClN4O3/c1-10-3-6-15(23-2)13(7-10)18-16(22)9-24-21-14-8-11(17)4-5-12(14)19-20-21/h3-8H,9H2,1-2H3,(H,18,22). The molecule has 0 saturated carbocycles. The second-order valence-corrected chi connectivity index (χ2v) is 5.56. The van der Waals surface area contributed by atoms with Gasteiger partial charge < -0.3 is 14.9 Å². The zero-order valence-corrected chi connectivity index (χ0v) is 13.9. The van der Waals surface area contributed by atoms with Gasteiger partial charge in [-0.05, 0) is 48.0 Å². The molecule has 24 heavy (non-hydrogen) atoms. The Morgan fingerprint density at radius 3 is 2.92 bits per heavy atom. The van der Waals surface area contributed by atoms with E-state index in [1.54, 1.807) is 31.4 Å². The molecule has 0 atom stereocenters. The van der Waals surface area contributed by atoms with E-state index in [-0.39, 0.29) is 12.5 Å². The predicted octanol–water partition coefficient (Wildman–Crippen LogP) is 2.47. The van der Waals surface area contributed by atoms with Crippen LogP contribution < -0.4 is 14.9 Å². The van der Waals surface area contributed by atoms with E-state index >= 15 is 0 Å². The molecule has 1 N–H and O–H groups in total. The van der Waals surface area contributed by atoms with Gasteiger partial charge >= 0.3 is 0 Å². The summed E-state index contributed by atoms with van der Waals surface area (Å²) in [4.78, 5) is 18.7. The number of hydrogen-bond acceptors (Lipinski definition) is 5. The van der Waals surface area contributed by atoms with Crippen LogP contribution in [0.4, 0.5) is 5.69 Å². The molecular weight excluding hydrogens is 332 g/mol. The Morgan fingerprint density at radius 2 is 2.12 bits per heavy atom. The molecule has 124 valence electrons. The largest absolute Gasteiger partial charge is 0.495 e. The third kappa shape index (κ3) is 3.41. The normalized spacial score (nSPS) is 10.6. The number of halogens is 1. The molecule has 0 spiro atoms. The maximum atomic E-state index is 12.1. The summed E-state index contributed by atoms with van der Waals surface area (Å²) in [5.74, 6) is 0.233. The Kier molecular flexibility index (Phi) is 4.52. The minimum absolute atomic E-state index is 0.234. The molecule has 0 bridgehead atoms. The first-order valence-corrected chi connectivity index (χ1v) is 7.53. The van der Waals surface area contributed by atoms with Gasteiger partial charge in [0.2, 0.25) is 0 Å².